The first-order valence-electron chi connectivity index (χ1n) is 8.83. The lowest BCUT2D eigenvalue weighted by molar-refractivity contribution is 0.161. The maximum absolute atomic E-state index is 4.67. The lowest BCUT2D eigenvalue weighted by Crippen LogP contribution is -2.38. The third-order valence-corrected chi connectivity index (χ3v) is 5.65. The number of fused-ring (bicyclic) bond motifs is 6. The van der Waals surface area contributed by atoms with Gasteiger partial charge in [0.2, 0.25) is 0 Å². The summed E-state index contributed by atoms with van der Waals surface area (Å²) in [5.41, 5.74) is 6.05. The summed E-state index contributed by atoms with van der Waals surface area (Å²) in [5.74, 6) is 0. The lowest BCUT2D eigenvalue weighted by Gasteiger charge is -2.36. The summed E-state index contributed by atoms with van der Waals surface area (Å²) in [7, 11) is 0. The van der Waals surface area contributed by atoms with Crippen LogP contribution >= 0.6 is 0 Å². The van der Waals surface area contributed by atoms with E-state index in [0.717, 1.165) is 30.9 Å². The van der Waals surface area contributed by atoms with Crippen LogP contribution in [-0.4, -0.2) is 35.1 Å². The molecular formula is C18H22N6. The fourth-order valence-electron chi connectivity index (χ4n) is 4.50. The van der Waals surface area contributed by atoms with E-state index in [1.807, 2.05) is 19.4 Å². The second-order valence-electron chi connectivity index (χ2n) is 7.01. The average molecular weight is 322 g/mol. The molecule has 0 aromatic carbocycles. The van der Waals surface area contributed by atoms with Gasteiger partial charge in [-0.2, -0.15) is 5.10 Å². The van der Waals surface area contributed by atoms with Crippen LogP contribution in [-0.2, 0) is 19.5 Å². The van der Waals surface area contributed by atoms with E-state index in [-0.39, 0.29) is 0 Å². The molecular weight excluding hydrogens is 300 g/mol. The van der Waals surface area contributed by atoms with Crippen LogP contribution in [0.3, 0.4) is 0 Å². The summed E-state index contributed by atoms with van der Waals surface area (Å²) >= 11 is 0. The van der Waals surface area contributed by atoms with Gasteiger partial charge in [-0.05, 0) is 26.7 Å². The third kappa shape index (κ3) is 1.95. The van der Waals surface area contributed by atoms with Gasteiger partial charge in [-0.15, -0.1) is 0 Å². The van der Waals surface area contributed by atoms with Gasteiger partial charge in [0.05, 0.1) is 23.4 Å². The minimum absolute atomic E-state index is 0.459. The van der Waals surface area contributed by atoms with Gasteiger partial charge in [-0.25, -0.2) is 14.5 Å². The molecule has 124 valence electrons. The molecule has 0 saturated carbocycles. The standard InChI is InChI=1S/C18H22N6/c1-3-22-11-19-8-14(22)10-23-13-4-5-16(23)15-9-20-18-6-12(2)21-24(18)17(15)7-13/h6,8-9,11,13,16H,3-5,7,10H2,1-2H3/t13-,16-/m1/s1. The first kappa shape index (κ1) is 14.2. The molecule has 1 fully saturated rings. The number of imidazole rings is 1. The molecule has 6 nitrogen and oxygen atoms in total. The molecule has 5 heterocycles. The molecule has 2 atom stereocenters. The zero-order chi connectivity index (χ0) is 16.3. The van der Waals surface area contributed by atoms with Crippen LogP contribution in [0, 0.1) is 6.92 Å². The van der Waals surface area contributed by atoms with Crippen LogP contribution in [0.15, 0.2) is 24.8 Å². The van der Waals surface area contributed by atoms with Gasteiger partial charge in [-0.1, -0.05) is 0 Å². The van der Waals surface area contributed by atoms with Crippen molar-refractivity contribution in [2.24, 2.45) is 0 Å². The van der Waals surface area contributed by atoms with Gasteiger partial charge >= 0.3 is 0 Å². The normalized spacial score (nSPS) is 23.1. The SMILES string of the molecule is CCn1cncc1CN1[C@@H]2CC[C@@H]1c1cnc3cc(C)nn3c1C2. The van der Waals surface area contributed by atoms with Gasteiger partial charge in [0.15, 0.2) is 5.65 Å². The van der Waals surface area contributed by atoms with Crippen LogP contribution in [0.2, 0.25) is 0 Å². The number of hydrogen-bond donors (Lipinski definition) is 0. The highest BCUT2D eigenvalue weighted by atomic mass is 15.3. The monoisotopic (exact) mass is 322 g/mol. The Morgan fingerprint density at radius 1 is 1.25 bits per heavy atom. The van der Waals surface area contributed by atoms with Crippen LogP contribution in [0.25, 0.3) is 5.65 Å². The summed E-state index contributed by atoms with van der Waals surface area (Å²) in [6.45, 7) is 6.16. The molecule has 0 N–H and O–H groups in total. The number of nitrogens with zero attached hydrogens (tertiary/aromatic N) is 6. The average Bonchev–Trinajstić information content (AvgIpc) is 3.25. The Hall–Kier alpha value is -2.21. The lowest BCUT2D eigenvalue weighted by atomic mass is 9.99. The third-order valence-electron chi connectivity index (χ3n) is 5.65. The van der Waals surface area contributed by atoms with Crippen LogP contribution < -0.4 is 0 Å². The number of aromatic nitrogens is 5. The van der Waals surface area contributed by atoms with E-state index in [1.54, 1.807) is 0 Å². The van der Waals surface area contributed by atoms with E-state index < -0.39 is 0 Å². The predicted molar refractivity (Wildman–Crippen MR) is 90.6 cm³/mol. The molecule has 1 saturated heterocycles. The van der Waals surface area contributed by atoms with Crippen molar-refractivity contribution in [1.29, 1.82) is 0 Å². The highest BCUT2D eigenvalue weighted by Gasteiger charge is 2.41. The van der Waals surface area contributed by atoms with Crippen molar-refractivity contribution in [2.75, 3.05) is 0 Å². The predicted octanol–water partition coefficient (Wildman–Crippen LogP) is 2.52. The van der Waals surface area contributed by atoms with Crippen molar-refractivity contribution in [1.82, 2.24) is 29.0 Å². The molecule has 3 aromatic heterocycles. The molecule has 0 radical (unpaired) electrons. The fraction of sp³-hybridized carbons (Fsp3) is 0.500. The van der Waals surface area contributed by atoms with Gasteiger partial charge in [-0.3, -0.25) is 4.90 Å². The molecule has 5 rings (SSSR count). The van der Waals surface area contributed by atoms with Crippen molar-refractivity contribution >= 4 is 5.65 Å². The maximum atomic E-state index is 4.67. The Morgan fingerprint density at radius 2 is 2.17 bits per heavy atom. The first-order valence-corrected chi connectivity index (χ1v) is 8.83. The molecule has 2 aliphatic rings. The van der Waals surface area contributed by atoms with Crippen LogP contribution in [0.4, 0.5) is 0 Å². The van der Waals surface area contributed by atoms with Gasteiger partial charge in [0.1, 0.15) is 0 Å². The number of hydrogen-bond acceptors (Lipinski definition) is 4. The van der Waals surface area contributed by atoms with Crippen molar-refractivity contribution in [2.45, 2.75) is 58.3 Å². The zero-order valence-electron chi connectivity index (χ0n) is 14.2. The quantitative estimate of drug-likeness (QED) is 0.743. The summed E-state index contributed by atoms with van der Waals surface area (Å²) in [6, 6.07) is 3.12. The highest BCUT2D eigenvalue weighted by Crippen LogP contribution is 2.44. The van der Waals surface area contributed by atoms with Gasteiger partial charge in [0, 0.05) is 55.6 Å². The molecule has 0 amide bonds. The van der Waals surface area contributed by atoms with Crippen LogP contribution in [0.5, 0.6) is 0 Å². The van der Waals surface area contributed by atoms with Gasteiger partial charge in [0.25, 0.3) is 0 Å². The highest BCUT2D eigenvalue weighted by molar-refractivity contribution is 5.44. The summed E-state index contributed by atoms with van der Waals surface area (Å²) in [4.78, 5) is 11.6. The molecule has 3 aromatic rings. The molecule has 6 heteroatoms. The second kappa shape index (κ2) is 5.14. The Bertz CT molecular complexity index is 908. The van der Waals surface area contributed by atoms with Crippen LogP contribution in [0.1, 0.15) is 48.5 Å². The molecule has 0 spiro atoms. The van der Waals surface area contributed by atoms with Crippen molar-refractivity contribution in [3.63, 3.8) is 0 Å². The van der Waals surface area contributed by atoms with E-state index in [4.69, 9.17) is 0 Å². The van der Waals surface area contributed by atoms with E-state index in [2.05, 4.69) is 48.2 Å². The number of rotatable bonds is 3. The fourth-order valence-corrected chi connectivity index (χ4v) is 4.50. The summed E-state index contributed by atoms with van der Waals surface area (Å²) in [5, 5.41) is 4.67. The van der Waals surface area contributed by atoms with Crippen molar-refractivity contribution in [3.8, 4) is 0 Å². The van der Waals surface area contributed by atoms with Crippen molar-refractivity contribution < 1.29 is 0 Å². The molecule has 0 unspecified atom stereocenters. The Morgan fingerprint density at radius 3 is 3.04 bits per heavy atom. The largest absolute Gasteiger partial charge is 0.334 e. The maximum Gasteiger partial charge on any atom is 0.155 e. The van der Waals surface area contributed by atoms with E-state index >= 15 is 0 Å². The Labute approximate surface area is 141 Å². The summed E-state index contributed by atoms with van der Waals surface area (Å²) in [6.07, 6.45) is 9.56. The zero-order valence-corrected chi connectivity index (χ0v) is 14.2. The topological polar surface area (TPSA) is 51.2 Å². The Balaban J connectivity index is 1.54. The minimum atomic E-state index is 0.459. The molecule has 2 bridgehead atoms. The smallest absolute Gasteiger partial charge is 0.155 e. The second-order valence-corrected chi connectivity index (χ2v) is 7.01. The van der Waals surface area contributed by atoms with E-state index in [9.17, 15) is 0 Å². The molecule has 0 aliphatic carbocycles. The minimum Gasteiger partial charge on any atom is -0.334 e. The van der Waals surface area contributed by atoms with Gasteiger partial charge < -0.3 is 4.57 Å². The first-order chi connectivity index (χ1) is 11.7. The van der Waals surface area contributed by atoms with Crippen molar-refractivity contribution in [3.05, 3.63) is 47.4 Å². The number of aryl methyl sites for hydroxylation is 2. The molecule has 2 aliphatic heterocycles. The Kier molecular flexibility index (Phi) is 3.03. The van der Waals surface area contributed by atoms with E-state index in [0.29, 0.717) is 12.1 Å². The van der Waals surface area contributed by atoms with E-state index in [1.165, 1.54) is 29.8 Å². The summed E-state index contributed by atoms with van der Waals surface area (Å²) < 4.78 is 4.32. The molecule has 24 heavy (non-hydrogen) atoms.